The molecule has 38 heavy (non-hydrogen) atoms. The minimum absolute atomic E-state index is 0.0131. The number of amides is 3. The molecule has 3 amide bonds. The number of benzene rings is 2. The quantitative estimate of drug-likeness (QED) is 0.227. The van der Waals surface area contributed by atoms with Crippen molar-refractivity contribution < 1.29 is 37.4 Å². The van der Waals surface area contributed by atoms with E-state index in [1.807, 2.05) is 0 Å². The first-order chi connectivity index (χ1) is 18.0. The van der Waals surface area contributed by atoms with Crippen LogP contribution in [-0.2, 0) is 4.79 Å². The van der Waals surface area contributed by atoms with Crippen molar-refractivity contribution in [2.24, 2.45) is 5.92 Å². The van der Waals surface area contributed by atoms with Crippen molar-refractivity contribution in [3.05, 3.63) is 59.7 Å². The van der Waals surface area contributed by atoms with E-state index in [0.717, 1.165) is 43.4 Å². The molecule has 0 spiro atoms. The van der Waals surface area contributed by atoms with Gasteiger partial charge in [-0.05, 0) is 54.3 Å². The number of hydrogen-bond donors (Lipinski definition) is 4. The monoisotopic (exact) mass is 537 g/mol. The summed E-state index contributed by atoms with van der Waals surface area (Å²) < 4.78 is 41.0. The number of carbonyl (C=O) groups is 3. The number of hydrogen-bond acceptors (Lipinski definition) is 4. The highest BCUT2D eigenvalue weighted by molar-refractivity contribution is 5.94. The summed E-state index contributed by atoms with van der Waals surface area (Å²) >= 11 is 0. The number of urea groups is 1. The molecule has 0 aliphatic rings. The molecule has 11 heteroatoms. The Morgan fingerprint density at radius 3 is 2.21 bits per heavy atom. The maximum Gasteiger partial charge on any atom is 0.573 e. The number of carboxylic acids is 1. The molecular weight excluding hydrogens is 503 g/mol. The van der Waals surface area contributed by atoms with E-state index in [2.05, 4.69) is 34.5 Å². The second kappa shape index (κ2) is 14.8. The van der Waals surface area contributed by atoms with Gasteiger partial charge in [-0.15, -0.1) is 13.2 Å². The van der Waals surface area contributed by atoms with Crippen molar-refractivity contribution in [3.8, 4) is 5.75 Å². The highest BCUT2D eigenvalue weighted by Gasteiger charge is 2.31. The van der Waals surface area contributed by atoms with E-state index in [1.165, 1.54) is 12.1 Å². The molecule has 2 aromatic carbocycles. The lowest BCUT2D eigenvalue weighted by atomic mass is 9.89. The Balaban J connectivity index is 2.12. The molecule has 208 valence electrons. The molecule has 2 atom stereocenters. The molecule has 2 rings (SSSR count). The lowest BCUT2D eigenvalue weighted by Crippen LogP contribution is -2.33. The Bertz CT molecular complexity index is 1040. The summed E-state index contributed by atoms with van der Waals surface area (Å²) in [6, 6.07) is 10.6. The second-order valence-electron chi connectivity index (χ2n) is 8.90. The predicted molar refractivity (Wildman–Crippen MR) is 137 cm³/mol. The molecule has 0 aliphatic carbocycles. The third-order valence-corrected chi connectivity index (χ3v) is 5.96. The average Bonchev–Trinajstić information content (AvgIpc) is 2.86. The summed E-state index contributed by atoms with van der Waals surface area (Å²) in [5, 5.41) is 16.8. The number of ether oxygens (including phenoxy) is 1. The number of rotatable bonds is 14. The Kier molecular flexibility index (Phi) is 11.9. The number of carboxylic acid groups (broad SMARTS) is 1. The van der Waals surface area contributed by atoms with Crippen molar-refractivity contribution in [3.63, 3.8) is 0 Å². The molecule has 0 heterocycles. The number of halogens is 3. The fraction of sp³-hybridized carbons (Fsp3) is 0.444. The van der Waals surface area contributed by atoms with Crippen LogP contribution in [0.25, 0.3) is 0 Å². The topological polar surface area (TPSA) is 117 Å². The molecular formula is C27H34F3N3O5. The van der Waals surface area contributed by atoms with Crippen LogP contribution < -0.4 is 20.7 Å². The molecule has 4 N–H and O–H groups in total. The van der Waals surface area contributed by atoms with Crippen LogP contribution in [0.3, 0.4) is 0 Å². The van der Waals surface area contributed by atoms with Crippen molar-refractivity contribution in [2.45, 2.75) is 64.8 Å². The van der Waals surface area contributed by atoms with Gasteiger partial charge in [-0.1, -0.05) is 51.7 Å². The smallest absolute Gasteiger partial charge is 0.481 e. The summed E-state index contributed by atoms with van der Waals surface area (Å²) in [5.74, 6) is -1.45. The van der Waals surface area contributed by atoms with Gasteiger partial charge < -0.3 is 25.8 Å². The Labute approximate surface area is 220 Å². The minimum Gasteiger partial charge on any atom is -0.481 e. The number of anilines is 1. The number of carbonyl (C=O) groups excluding carboxylic acids is 2. The zero-order valence-electron chi connectivity index (χ0n) is 21.4. The van der Waals surface area contributed by atoms with Gasteiger partial charge in [0.15, 0.2) is 0 Å². The molecule has 0 aliphatic heterocycles. The number of aliphatic carboxylic acids is 1. The van der Waals surface area contributed by atoms with Gasteiger partial charge in [-0.2, -0.15) is 0 Å². The number of unbranched alkanes of at least 4 members (excludes halogenated alkanes) is 1. The fourth-order valence-corrected chi connectivity index (χ4v) is 3.91. The zero-order valence-corrected chi connectivity index (χ0v) is 21.4. The van der Waals surface area contributed by atoms with E-state index in [4.69, 9.17) is 5.11 Å². The van der Waals surface area contributed by atoms with Crippen molar-refractivity contribution in [1.29, 1.82) is 0 Å². The molecule has 0 radical (unpaired) electrons. The van der Waals surface area contributed by atoms with E-state index in [0.29, 0.717) is 23.6 Å². The summed E-state index contributed by atoms with van der Waals surface area (Å²) in [7, 11) is 0. The fourth-order valence-electron chi connectivity index (χ4n) is 3.91. The molecule has 0 bridgehead atoms. The lowest BCUT2D eigenvalue weighted by molar-refractivity contribution is -0.274. The first kappa shape index (κ1) is 30.5. The van der Waals surface area contributed by atoms with Crippen LogP contribution in [0.4, 0.5) is 23.7 Å². The maximum absolute atomic E-state index is 12.8. The van der Waals surface area contributed by atoms with Crippen LogP contribution in [0, 0.1) is 5.92 Å². The van der Waals surface area contributed by atoms with Crippen molar-refractivity contribution in [1.82, 2.24) is 10.6 Å². The van der Waals surface area contributed by atoms with Gasteiger partial charge in [0.2, 0.25) is 0 Å². The van der Waals surface area contributed by atoms with Gasteiger partial charge in [0, 0.05) is 17.8 Å². The van der Waals surface area contributed by atoms with Crippen LogP contribution in [0.1, 0.15) is 74.3 Å². The van der Waals surface area contributed by atoms with Crippen LogP contribution in [0.5, 0.6) is 5.75 Å². The maximum atomic E-state index is 12.8. The SMILES string of the molecule is CCCCC(CC)CC(NC(=O)Nc1ccc(OC(F)(F)F)cc1)c1ccc(C(=O)NCCC(=O)O)cc1. The average molecular weight is 538 g/mol. The molecule has 8 nitrogen and oxygen atoms in total. The van der Waals surface area contributed by atoms with E-state index in [-0.39, 0.29) is 19.0 Å². The van der Waals surface area contributed by atoms with E-state index >= 15 is 0 Å². The first-order valence-corrected chi connectivity index (χ1v) is 12.5. The van der Waals surface area contributed by atoms with Gasteiger partial charge in [0.1, 0.15) is 5.75 Å². The molecule has 0 saturated carbocycles. The largest absolute Gasteiger partial charge is 0.573 e. The summed E-state index contributed by atoms with van der Waals surface area (Å²) in [5.41, 5.74) is 1.44. The standard InChI is InChI=1S/C27H34F3N3O5/c1-3-5-6-18(4-2)17-23(19-7-9-20(10-8-19)25(36)31-16-15-24(34)35)33-26(37)32-21-11-13-22(14-12-21)38-27(28,29)30/h7-14,18,23H,3-6,15-17H2,1-2H3,(H,31,36)(H,34,35)(H2,32,33,37). The Morgan fingerprint density at radius 1 is 1.00 bits per heavy atom. The zero-order chi connectivity index (χ0) is 28.1. The molecule has 2 unspecified atom stereocenters. The number of alkyl halides is 3. The van der Waals surface area contributed by atoms with Crippen LogP contribution in [-0.4, -0.2) is 35.9 Å². The van der Waals surface area contributed by atoms with Gasteiger partial charge in [-0.25, -0.2) is 4.79 Å². The highest BCUT2D eigenvalue weighted by Crippen LogP contribution is 2.28. The lowest BCUT2D eigenvalue weighted by Gasteiger charge is -2.25. The van der Waals surface area contributed by atoms with Gasteiger partial charge in [-0.3, -0.25) is 9.59 Å². The third-order valence-electron chi connectivity index (χ3n) is 5.96. The second-order valence-corrected chi connectivity index (χ2v) is 8.90. The van der Waals surface area contributed by atoms with E-state index in [9.17, 15) is 27.6 Å². The van der Waals surface area contributed by atoms with Crippen LogP contribution in [0.15, 0.2) is 48.5 Å². The molecule has 0 aromatic heterocycles. The normalized spacial score (nSPS) is 12.8. The Hall–Kier alpha value is -3.76. The highest BCUT2D eigenvalue weighted by atomic mass is 19.4. The van der Waals surface area contributed by atoms with Crippen molar-refractivity contribution in [2.75, 3.05) is 11.9 Å². The Morgan fingerprint density at radius 2 is 1.66 bits per heavy atom. The summed E-state index contributed by atoms with van der Waals surface area (Å²) in [4.78, 5) is 35.7. The number of nitrogens with one attached hydrogen (secondary N) is 3. The van der Waals surface area contributed by atoms with Gasteiger partial charge in [0.25, 0.3) is 5.91 Å². The van der Waals surface area contributed by atoms with Gasteiger partial charge >= 0.3 is 18.4 Å². The van der Waals surface area contributed by atoms with Crippen LogP contribution >= 0.6 is 0 Å². The molecule has 2 aromatic rings. The summed E-state index contributed by atoms with van der Waals surface area (Å²) in [6.45, 7) is 4.22. The van der Waals surface area contributed by atoms with Crippen molar-refractivity contribution >= 4 is 23.6 Å². The minimum atomic E-state index is -4.80. The first-order valence-electron chi connectivity index (χ1n) is 12.5. The predicted octanol–water partition coefficient (Wildman–Crippen LogP) is 6.26. The molecule has 0 fully saturated rings. The molecule has 0 saturated heterocycles. The van der Waals surface area contributed by atoms with Crippen LogP contribution in [0.2, 0.25) is 0 Å². The van der Waals surface area contributed by atoms with E-state index in [1.54, 1.807) is 24.3 Å². The van der Waals surface area contributed by atoms with Gasteiger partial charge in [0.05, 0.1) is 12.5 Å². The third kappa shape index (κ3) is 11.1. The summed E-state index contributed by atoms with van der Waals surface area (Å²) in [6.07, 6.45) is -0.302. The van der Waals surface area contributed by atoms with E-state index < -0.39 is 30.0 Å².